The van der Waals surface area contributed by atoms with E-state index in [1.54, 1.807) is 29.2 Å². The smallest absolute Gasteiger partial charge is 0.243 e. The van der Waals surface area contributed by atoms with E-state index in [2.05, 4.69) is 5.32 Å². The Bertz CT molecular complexity index is 1190. The first-order chi connectivity index (χ1) is 19.1. The van der Waals surface area contributed by atoms with Gasteiger partial charge in [-0.15, -0.1) is 0 Å². The van der Waals surface area contributed by atoms with E-state index in [0.29, 0.717) is 37.4 Å². The standard InChI is InChI=1S/C31H45N3O5S/c1-5-29(31(36)32-26-11-8-7-9-12-26)33(23-25-16-14-24(3)15-17-25)30(35)13-10-22-34(40(4,37)38)27-18-20-28(21-19-27)39-6-2/h14-21,26,29H,5-13,22-23H2,1-4H3,(H,32,36). The quantitative estimate of drug-likeness (QED) is 0.336. The maximum absolute atomic E-state index is 13.7. The number of aryl methyl sites for hydroxylation is 1. The predicted molar refractivity (Wildman–Crippen MR) is 160 cm³/mol. The van der Waals surface area contributed by atoms with Crippen molar-refractivity contribution >= 4 is 27.5 Å². The number of nitrogens with one attached hydrogen (secondary N) is 1. The Morgan fingerprint density at radius 1 is 1.00 bits per heavy atom. The molecule has 0 bridgehead atoms. The second-order valence-electron chi connectivity index (χ2n) is 10.6. The minimum atomic E-state index is -3.56. The van der Waals surface area contributed by atoms with E-state index in [1.807, 2.05) is 45.0 Å². The van der Waals surface area contributed by atoms with Gasteiger partial charge in [-0.25, -0.2) is 8.42 Å². The van der Waals surface area contributed by atoms with Crippen LogP contribution in [0, 0.1) is 6.92 Å². The summed E-state index contributed by atoms with van der Waals surface area (Å²) in [5.41, 5.74) is 2.60. The van der Waals surface area contributed by atoms with Crippen molar-refractivity contribution in [3.8, 4) is 5.75 Å². The lowest BCUT2D eigenvalue weighted by molar-refractivity contribution is -0.141. The van der Waals surface area contributed by atoms with Crippen molar-refractivity contribution in [1.82, 2.24) is 10.2 Å². The number of sulfonamides is 1. The summed E-state index contributed by atoms with van der Waals surface area (Å²) in [6.45, 7) is 6.83. The van der Waals surface area contributed by atoms with Crippen molar-refractivity contribution in [2.45, 2.75) is 90.8 Å². The largest absolute Gasteiger partial charge is 0.494 e. The van der Waals surface area contributed by atoms with E-state index in [4.69, 9.17) is 4.74 Å². The van der Waals surface area contributed by atoms with Gasteiger partial charge in [-0.1, -0.05) is 56.0 Å². The Morgan fingerprint density at radius 2 is 1.65 bits per heavy atom. The van der Waals surface area contributed by atoms with Crippen LogP contribution in [0.15, 0.2) is 48.5 Å². The molecule has 2 amide bonds. The molecule has 0 aliphatic heterocycles. The lowest BCUT2D eigenvalue weighted by Crippen LogP contribution is -2.51. The fraction of sp³-hybridized carbons (Fsp3) is 0.548. The number of rotatable bonds is 14. The van der Waals surface area contributed by atoms with Crippen molar-refractivity contribution in [2.75, 3.05) is 23.7 Å². The van der Waals surface area contributed by atoms with Gasteiger partial charge in [0, 0.05) is 25.6 Å². The molecule has 3 rings (SSSR count). The SMILES string of the molecule is CCOc1ccc(N(CCCC(=O)N(Cc2ccc(C)cc2)C(CC)C(=O)NC2CCCCC2)S(C)(=O)=O)cc1. The van der Waals surface area contributed by atoms with Crippen LogP contribution < -0.4 is 14.4 Å². The Kier molecular flexibility index (Phi) is 11.9. The Balaban J connectivity index is 1.73. The fourth-order valence-electron chi connectivity index (χ4n) is 5.23. The molecule has 1 atom stereocenters. The maximum Gasteiger partial charge on any atom is 0.243 e. The van der Waals surface area contributed by atoms with E-state index >= 15 is 0 Å². The maximum atomic E-state index is 13.7. The summed E-state index contributed by atoms with van der Waals surface area (Å²) in [5.74, 6) is 0.395. The highest BCUT2D eigenvalue weighted by molar-refractivity contribution is 7.92. The summed E-state index contributed by atoms with van der Waals surface area (Å²) in [4.78, 5) is 28.7. The van der Waals surface area contributed by atoms with Crippen LogP contribution in [-0.4, -0.2) is 56.6 Å². The van der Waals surface area contributed by atoms with Crippen molar-refractivity contribution < 1.29 is 22.7 Å². The van der Waals surface area contributed by atoms with Gasteiger partial charge >= 0.3 is 0 Å². The predicted octanol–water partition coefficient (Wildman–Crippen LogP) is 5.20. The summed E-state index contributed by atoms with van der Waals surface area (Å²) in [7, 11) is -3.56. The Labute approximate surface area is 240 Å². The zero-order chi connectivity index (χ0) is 29.1. The molecule has 1 unspecified atom stereocenters. The second-order valence-corrected chi connectivity index (χ2v) is 12.5. The van der Waals surface area contributed by atoms with E-state index in [1.165, 1.54) is 10.7 Å². The first-order valence-corrected chi connectivity index (χ1v) is 16.3. The summed E-state index contributed by atoms with van der Waals surface area (Å²) in [5, 5.41) is 3.20. The van der Waals surface area contributed by atoms with Gasteiger partial charge in [-0.3, -0.25) is 13.9 Å². The van der Waals surface area contributed by atoms with Crippen LogP contribution in [0.3, 0.4) is 0 Å². The average Bonchev–Trinajstić information content (AvgIpc) is 2.92. The summed E-state index contributed by atoms with van der Waals surface area (Å²) in [6.07, 6.45) is 7.48. The summed E-state index contributed by atoms with van der Waals surface area (Å²) in [6, 6.07) is 14.4. The minimum absolute atomic E-state index is 0.109. The molecule has 1 saturated carbocycles. The van der Waals surface area contributed by atoms with E-state index in [0.717, 1.165) is 43.1 Å². The monoisotopic (exact) mass is 571 g/mol. The van der Waals surface area contributed by atoms with E-state index < -0.39 is 16.1 Å². The van der Waals surface area contributed by atoms with Crippen molar-refractivity contribution in [1.29, 1.82) is 0 Å². The average molecular weight is 572 g/mol. The number of ether oxygens (including phenoxy) is 1. The molecule has 0 spiro atoms. The third-order valence-corrected chi connectivity index (χ3v) is 8.59. The van der Waals surface area contributed by atoms with Crippen LogP contribution in [0.5, 0.6) is 5.75 Å². The Morgan fingerprint density at radius 3 is 2.23 bits per heavy atom. The van der Waals surface area contributed by atoms with Crippen LogP contribution in [0.4, 0.5) is 5.69 Å². The third-order valence-electron chi connectivity index (χ3n) is 7.40. The van der Waals surface area contributed by atoms with Crippen molar-refractivity contribution in [2.24, 2.45) is 0 Å². The van der Waals surface area contributed by atoms with Crippen LogP contribution in [-0.2, 0) is 26.2 Å². The molecular weight excluding hydrogens is 526 g/mol. The van der Waals surface area contributed by atoms with Crippen LogP contribution in [0.2, 0.25) is 0 Å². The molecule has 8 nitrogen and oxygen atoms in total. The molecule has 220 valence electrons. The number of carbonyl (C=O) groups is 2. The van der Waals surface area contributed by atoms with Crippen LogP contribution >= 0.6 is 0 Å². The lowest BCUT2D eigenvalue weighted by Gasteiger charge is -2.33. The normalized spacial score (nSPS) is 14.8. The number of carbonyl (C=O) groups excluding carboxylic acids is 2. The molecule has 0 radical (unpaired) electrons. The van der Waals surface area contributed by atoms with Crippen LogP contribution in [0.1, 0.15) is 76.3 Å². The highest BCUT2D eigenvalue weighted by Crippen LogP contribution is 2.23. The molecule has 1 N–H and O–H groups in total. The molecule has 2 aromatic carbocycles. The van der Waals surface area contributed by atoms with Crippen molar-refractivity contribution in [3.05, 3.63) is 59.7 Å². The van der Waals surface area contributed by atoms with Gasteiger partial charge in [0.25, 0.3) is 0 Å². The Hall–Kier alpha value is -3.07. The topological polar surface area (TPSA) is 96.0 Å². The first kappa shape index (κ1) is 31.5. The number of amides is 2. The molecular formula is C31H45N3O5S. The van der Waals surface area contributed by atoms with Gasteiger partial charge < -0.3 is 15.0 Å². The highest BCUT2D eigenvalue weighted by Gasteiger charge is 2.30. The minimum Gasteiger partial charge on any atom is -0.494 e. The fourth-order valence-corrected chi connectivity index (χ4v) is 6.20. The molecule has 1 fully saturated rings. The molecule has 2 aromatic rings. The number of hydrogen-bond donors (Lipinski definition) is 1. The number of nitrogens with zero attached hydrogens (tertiary/aromatic N) is 2. The van der Waals surface area contributed by atoms with Crippen LogP contribution in [0.25, 0.3) is 0 Å². The van der Waals surface area contributed by atoms with Crippen molar-refractivity contribution in [3.63, 3.8) is 0 Å². The van der Waals surface area contributed by atoms with Gasteiger partial charge in [-0.05, 0) is 69.4 Å². The molecule has 0 aromatic heterocycles. The summed E-state index contributed by atoms with van der Waals surface area (Å²) < 4.78 is 32.0. The first-order valence-electron chi connectivity index (χ1n) is 14.5. The van der Waals surface area contributed by atoms with Gasteiger partial charge in [0.05, 0.1) is 18.6 Å². The summed E-state index contributed by atoms with van der Waals surface area (Å²) >= 11 is 0. The van der Waals surface area contributed by atoms with E-state index in [9.17, 15) is 18.0 Å². The molecule has 0 saturated heterocycles. The number of anilines is 1. The number of hydrogen-bond acceptors (Lipinski definition) is 5. The molecule has 1 aliphatic rings. The lowest BCUT2D eigenvalue weighted by atomic mass is 9.95. The van der Waals surface area contributed by atoms with Gasteiger partial charge in [0.2, 0.25) is 21.8 Å². The number of benzene rings is 2. The molecule has 1 aliphatic carbocycles. The molecule has 0 heterocycles. The molecule has 40 heavy (non-hydrogen) atoms. The second kappa shape index (κ2) is 15.1. The highest BCUT2D eigenvalue weighted by atomic mass is 32.2. The van der Waals surface area contributed by atoms with E-state index in [-0.39, 0.29) is 30.8 Å². The van der Waals surface area contributed by atoms with Gasteiger partial charge in [0.1, 0.15) is 11.8 Å². The van der Waals surface area contributed by atoms with Gasteiger partial charge in [-0.2, -0.15) is 0 Å². The zero-order valence-electron chi connectivity index (χ0n) is 24.4. The molecule has 9 heteroatoms. The van der Waals surface area contributed by atoms with Gasteiger partial charge in [0.15, 0.2) is 0 Å². The third kappa shape index (κ3) is 9.25. The zero-order valence-corrected chi connectivity index (χ0v) is 25.2.